The van der Waals surface area contributed by atoms with E-state index < -0.39 is 5.97 Å². The number of aliphatic carboxylic acids is 1. The second-order valence-corrected chi connectivity index (χ2v) is 4.71. The molecule has 0 radical (unpaired) electrons. The van der Waals surface area contributed by atoms with Gasteiger partial charge in [-0.1, -0.05) is 29.3 Å². The Bertz CT molecular complexity index is 624. The number of hydrogen-bond acceptors (Lipinski definition) is 3. The van der Waals surface area contributed by atoms with Gasteiger partial charge in [0.05, 0.1) is 12.1 Å². The number of nitrogens with two attached hydrogens (primary N) is 1. The summed E-state index contributed by atoms with van der Waals surface area (Å²) in [4.78, 5) is 14.9. The van der Waals surface area contributed by atoms with E-state index in [0.717, 1.165) is 0 Å². The van der Waals surface area contributed by atoms with Gasteiger partial charge >= 0.3 is 5.97 Å². The van der Waals surface area contributed by atoms with Gasteiger partial charge < -0.3 is 10.8 Å². The fourth-order valence-electron chi connectivity index (χ4n) is 1.78. The molecule has 1 heterocycles. The molecular formula is C13H10Cl2N2O2. The van der Waals surface area contributed by atoms with E-state index in [1.165, 1.54) is 0 Å². The van der Waals surface area contributed by atoms with Crippen molar-refractivity contribution in [3.63, 3.8) is 0 Å². The quantitative estimate of drug-likeness (QED) is 0.911. The lowest BCUT2D eigenvalue weighted by Gasteiger charge is -2.11. The van der Waals surface area contributed by atoms with Crippen LogP contribution in [0.3, 0.4) is 0 Å². The number of carboxylic acid groups (broad SMARTS) is 1. The third-order valence-electron chi connectivity index (χ3n) is 2.55. The first-order chi connectivity index (χ1) is 8.99. The summed E-state index contributed by atoms with van der Waals surface area (Å²) >= 11 is 12.2. The summed E-state index contributed by atoms with van der Waals surface area (Å²) in [6, 6.07) is 8.34. The fraction of sp³-hybridized carbons (Fsp3) is 0.0769. The minimum Gasteiger partial charge on any atom is -0.481 e. The molecule has 0 aliphatic carbocycles. The number of anilines is 1. The van der Waals surface area contributed by atoms with Crippen molar-refractivity contribution in [2.45, 2.75) is 6.42 Å². The van der Waals surface area contributed by atoms with Crippen molar-refractivity contribution in [1.82, 2.24) is 4.98 Å². The maximum atomic E-state index is 10.9. The molecule has 6 heteroatoms. The number of carboxylic acids is 1. The Morgan fingerprint density at radius 3 is 2.42 bits per heavy atom. The molecule has 0 unspecified atom stereocenters. The van der Waals surface area contributed by atoms with E-state index in [0.29, 0.717) is 26.9 Å². The van der Waals surface area contributed by atoms with E-state index in [1.807, 2.05) is 0 Å². The lowest BCUT2D eigenvalue weighted by atomic mass is 10.0. The van der Waals surface area contributed by atoms with E-state index in [4.69, 9.17) is 34.0 Å². The number of pyridine rings is 1. The van der Waals surface area contributed by atoms with Crippen LogP contribution in [0.25, 0.3) is 11.1 Å². The zero-order valence-corrected chi connectivity index (χ0v) is 11.2. The molecule has 0 amide bonds. The van der Waals surface area contributed by atoms with E-state index in [2.05, 4.69) is 4.98 Å². The van der Waals surface area contributed by atoms with Crippen LogP contribution in [-0.4, -0.2) is 16.1 Å². The second-order valence-electron chi connectivity index (χ2n) is 3.90. The first-order valence-corrected chi connectivity index (χ1v) is 6.16. The average molecular weight is 297 g/mol. The highest BCUT2D eigenvalue weighted by Crippen LogP contribution is 2.36. The van der Waals surface area contributed by atoms with Crippen molar-refractivity contribution in [3.8, 4) is 11.1 Å². The van der Waals surface area contributed by atoms with Crippen LogP contribution in [0.15, 0.2) is 30.3 Å². The molecule has 0 bridgehead atoms. The zero-order chi connectivity index (χ0) is 14.0. The molecule has 0 saturated heterocycles. The molecule has 2 rings (SSSR count). The van der Waals surface area contributed by atoms with Crippen molar-refractivity contribution in [2.75, 3.05) is 5.73 Å². The van der Waals surface area contributed by atoms with E-state index >= 15 is 0 Å². The molecule has 2 aromatic rings. The molecule has 0 saturated carbocycles. The lowest BCUT2D eigenvalue weighted by Crippen LogP contribution is -2.06. The molecule has 98 valence electrons. The number of aromatic nitrogens is 1. The van der Waals surface area contributed by atoms with Crippen LogP contribution in [0.1, 0.15) is 5.69 Å². The largest absolute Gasteiger partial charge is 0.481 e. The van der Waals surface area contributed by atoms with Gasteiger partial charge in [-0.15, -0.1) is 0 Å². The SMILES string of the molecule is Nc1ccc(-c2c(Cl)cccc2Cl)c(CC(=O)O)n1. The van der Waals surface area contributed by atoms with Gasteiger partial charge in [0.15, 0.2) is 0 Å². The summed E-state index contributed by atoms with van der Waals surface area (Å²) in [6.45, 7) is 0. The fourth-order valence-corrected chi connectivity index (χ4v) is 2.38. The highest BCUT2D eigenvalue weighted by molar-refractivity contribution is 6.39. The number of hydrogen-bond donors (Lipinski definition) is 2. The molecule has 19 heavy (non-hydrogen) atoms. The van der Waals surface area contributed by atoms with Crippen LogP contribution in [0.2, 0.25) is 10.0 Å². The number of benzene rings is 1. The Hall–Kier alpha value is -1.78. The highest BCUT2D eigenvalue weighted by atomic mass is 35.5. The van der Waals surface area contributed by atoms with Gasteiger partial charge in [0.25, 0.3) is 0 Å². The van der Waals surface area contributed by atoms with Gasteiger partial charge in [-0.3, -0.25) is 4.79 Å². The first-order valence-electron chi connectivity index (χ1n) is 5.40. The minimum atomic E-state index is -0.998. The van der Waals surface area contributed by atoms with Crippen LogP contribution >= 0.6 is 23.2 Å². The number of nitrogens with zero attached hydrogens (tertiary/aromatic N) is 1. The lowest BCUT2D eigenvalue weighted by molar-refractivity contribution is -0.136. The van der Waals surface area contributed by atoms with Crippen LogP contribution in [0, 0.1) is 0 Å². The standard InChI is InChI=1S/C13H10Cl2N2O2/c14-8-2-1-3-9(15)13(8)7-4-5-11(16)17-10(7)6-12(18)19/h1-5H,6H2,(H2,16,17)(H,18,19). The third kappa shape index (κ3) is 2.97. The molecular weight excluding hydrogens is 287 g/mol. The summed E-state index contributed by atoms with van der Waals surface area (Å²) in [5.41, 5.74) is 7.06. The normalized spacial score (nSPS) is 10.4. The maximum absolute atomic E-state index is 10.9. The Morgan fingerprint density at radius 2 is 1.84 bits per heavy atom. The van der Waals surface area contributed by atoms with Crippen LogP contribution < -0.4 is 5.73 Å². The Labute approximate surface area is 119 Å². The molecule has 0 atom stereocenters. The molecule has 0 fully saturated rings. The van der Waals surface area contributed by atoms with Crippen molar-refractivity contribution in [3.05, 3.63) is 46.1 Å². The average Bonchev–Trinajstić information content (AvgIpc) is 2.30. The summed E-state index contributed by atoms with van der Waals surface area (Å²) < 4.78 is 0. The molecule has 0 aliphatic heterocycles. The van der Waals surface area contributed by atoms with Crippen molar-refractivity contribution in [1.29, 1.82) is 0 Å². The monoisotopic (exact) mass is 296 g/mol. The number of carbonyl (C=O) groups is 1. The molecule has 0 spiro atoms. The van der Waals surface area contributed by atoms with Gasteiger partial charge in [-0.05, 0) is 24.3 Å². The van der Waals surface area contributed by atoms with Gasteiger partial charge in [0, 0.05) is 21.2 Å². The third-order valence-corrected chi connectivity index (χ3v) is 3.18. The zero-order valence-electron chi connectivity index (χ0n) is 9.73. The summed E-state index contributed by atoms with van der Waals surface area (Å²) in [7, 11) is 0. The van der Waals surface area contributed by atoms with Crippen LogP contribution in [-0.2, 0) is 11.2 Å². The Kier molecular flexibility index (Phi) is 3.93. The molecule has 1 aromatic heterocycles. The summed E-state index contributed by atoms with van der Waals surface area (Å²) in [5, 5.41) is 9.79. The second kappa shape index (κ2) is 5.47. The molecule has 1 aromatic carbocycles. The summed E-state index contributed by atoms with van der Waals surface area (Å²) in [5.74, 6) is -0.745. The first kappa shape index (κ1) is 13.6. The molecule has 3 N–H and O–H groups in total. The number of halogens is 2. The van der Waals surface area contributed by atoms with E-state index in [9.17, 15) is 4.79 Å². The highest BCUT2D eigenvalue weighted by Gasteiger charge is 2.15. The van der Waals surface area contributed by atoms with Gasteiger partial charge in [0.2, 0.25) is 0 Å². The maximum Gasteiger partial charge on any atom is 0.309 e. The van der Waals surface area contributed by atoms with Crippen molar-refractivity contribution in [2.24, 2.45) is 0 Å². The summed E-state index contributed by atoms with van der Waals surface area (Å²) in [6.07, 6.45) is -0.248. The van der Waals surface area contributed by atoms with Gasteiger partial charge in [-0.25, -0.2) is 4.98 Å². The van der Waals surface area contributed by atoms with Crippen molar-refractivity contribution < 1.29 is 9.90 Å². The van der Waals surface area contributed by atoms with Gasteiger partial charge in [0.1, 0.15) is 5.82 Å². The predicted molar refractivity (Wildman–Crippen MR) is 75.4 cm³/mol. The smallest absolute Gasteiger partial charge is 0.309 e. The topological polar surface area (TPSA) is 76.2 Å². The molecule has 4 nitrogen and oxygen atoms in total. The predicted octanol–water partition coefficient (Wildman–Crippen LogP) is 3.26. The van der Waals surface area contributed by atoms with Gasteiger partial charge in [-0.2, -0.15) is 0 Å². The van der Waals surface area contributed by atoms with Crippen LogP contribution in [0.5, 0.6) is 0 Å². The number of rotatable bonds is 3. The Morgan fingerprint density at radius 1 is 1.21 bits per heavy atom. The molecule has 0 aliphatic rings. The minimum absolute atomic E-state index is 0.248. The van der Waals surface area contributed by atoms with E-state index in [-0.39, 0.29) is 12.2 Å². The Balaban J connectivity index is 2.64. The van der Waals surface area contributed by atoms with E-state index in [1.54, 1.807) is 30.3 Å². The number of nitrogen functional groups attached to an aromatic ring is 1. The van der Waals surface area contributed by atoms with Crippen LogP contribution in [0.4, 0.5) is 5.82 Å². The van der Waals surface area contributed by atoms with Crippen molar-refractivity contribution >= 4 is 35.0 Å².